The Morgan fingerprint density at radius 1 is 1.64 bits per heavy atom. The van der Waals surface area contributed by atoms with Crippen molar-refractivity contribution in [3.05, 3.63) is 10.6 Å². The molecule has 0 unspecified atom stereocenters. The quantitative estimate of drug-likeness (QED) is 0.499. The summed E-state index contributed by atoms with van der Waals surface area (Å²) in [6, 6.07) is 0. The van der Waals surface area contributed by atoms with Crippen molar-refractivity contribution >= 4 is 24.1 Å². The van der Waals surface area contributed by atoms with Gasteiger partial charge in [0, 0.05) is 29.3 Å². The van der Waals surface area contributed by atoms with Crippen LogP contribution in [0.15, 0.2) is 0 Å². The summed E-state index contributed by atoms with van der Waals surface area (Å²) < 4.78 is 0. The highest BCUT2D eigenvalue weighted by Crippen LogP contribution is 2.18. The number of rotatable bonds is 0. The fourth-order valence-electron chi connectivity index (χ4n) is 1.34. The van der Waals surface area contributed by atoms with Crippen molar-refractivity contribution in [3.8, 4) is 0 Å². The summed E-state index contributed by atoms with van der Waals surface area (Å²) in [4.78, 5) is 8.60. The van der Waals surface area contributed by atoms with Crippen LogP contribution in [-0.2, 0) is 13.0 Å². The maximum absolute atomic E-state index is 5.59. The van der Waals surface area contributed by atoms with Crippen LogP contribution in [0.5, 0.6) is 0 Å². The van der Waals surface area contributed by atoms with Crippen LogP contribution in [-0.4, -0.2) is 31.3 Å². The maximum Gasteiger partial charge on any atom is 0.157 e. The molecule has 0 amide bonds. The van der Waals surface area contributed by atoms with Gasteiger partial charge >= 0.3 is 0 Å². The van der Waals surface area contributed by atoms with Crippen LogP contribution >= 0.6 is 11.3 Å². The monoisotopic (exact) mass is 164 g/mol. The molecule has 0 N–H and O–H groups in total. The minimum atomic E-state index is 0.713. The lowest BCUT2D eigenvalue weighted by Gasteiger charge is -2.20. The zero-order chi connectivity index (χ0) is 7.84. The molecule has 0 atom stereocenters. The zero-order valence-electron chi connectivity index (χ0n) is 6.50. The van der Waals surface area contributed by atoms with E-state index in [1.54, 1.807) is 11.3 Å². The molecule has 0 saturated carbocycles. The molecule has 1 aromatic heterocycles. The fraction of sp³-hybridized carbons (Fsp3) is 0.571. The summed E-state index contributed by atoms with van der Waals surface area (Å²) in [6.45, 7) is 2.13. The summed E-state index contributed by atoms with van der Waals surface area (Å²) in [6.07, 6.45) is 1.06. The van der Waals surface area contributed by atoms with Crippen LogP contribution in [0, 0.1) is 0 Å². The highest BCUT2D eigenvalue weighted by atomic mass is 32.1. The molecule has 0 aliphatic carbocycles. The van der Waals surface area contributed by atoms with Crippen LogP contribution in [0.4, 0.5) is 0 Å². The Bertz CT molecular complexity index is 271. The van der Waals surface area contributed by atoms with E-state index in [2.05, 4.69) is 16.9 Å². The second-order valence-electron chi connectivity index (χ2n) is 2.91. The topological polar surface area (TPSA) is 16.1 Å². The third kappa shape index (κ3) is 1.33. The van der Waals surface area contributed by atoms with Gasteiger partial charge in [0.2, 0.25) is 0 Å². The first kappa shape index (κ1) is 7.31. The molecule has 2 radical (unpaired) electrons. The summed E-state index contributed by atoms with van der Waals surface area (Å²) in [5.74, 6) is 0. The summed E-state index contributed by atoms with van der Waals surface area (Å²) in [5, 5.41) is 0. The molecule has 1 aliphatic rings. The van der Waals surface area contributed by atoms with Crippen LogP contribution in [0.2, 0.25) is 0 Å². The molecule has 0 spiro atoms. The number of nitrogens with zero attached hydrogens (tertiary/aromatic N) is 2. The highest BCUT2D eigenvalue weighted by Gasteiger charge is 2.15. The molecular formula is C7H9BN2S. The van der Waals surface area contributed by atoms with Crippen molar-refractivity contribution in [3.63, 3.8) is 0 Å². The molecule has 4 heteroatoms. The largest absolute Gasteiger partial charge is 0.301 e. The van der Waals surface area contributed by atoms with Crippen LogP contribution in [0.25, 0.3) is 0 Å². The van der Waals surface area contributed by atoms with Crippen molar-refractivity contribution in [2.24, 2.45) is 0 Å². The van der Waals surface area contributed by atoms with E-state index in [0.29, 0.717) is 4.91 Å². The summed E-state index contributed by atoms with van der Waals surface area (Å²) in [5.41, 5.74) is 1.21. The van der Waals surface area contributed by atoms with E-state index in [4.69, 9.17) is 7.85 Å². The third-order valence-electron chi connectivity index (χ3n) is 1.94. The van der Waals surface area contributed by atoms with Crippen molar-refractivity contribution in [1.82, 2.24) is 9.88 Å². The van der Waals surface area contributed by atoms with Gasteiger partial charge in [0.05, 0.1) is 5.69 Å². The van der Waals surface area contributed by atoms with E-state index in [1.807, 2.05) is 0 Å². The van der Waals surface area contributed by atoms with E-state index in [-0.39, 0.29) is 0 Å². The molecule has 1 aromatic rings. The van der Waals surface area contributed by atoms with E-state index in [9.17, 15) is 0 Å². The highest BCUT2D eigenvalue weighted by molar-refractivity contribution is 7.19. The smallest absolute Gasteiger partial charge is 0.157 e. The van der Waals surface area contributed by atoms with Gasteiger partial charge in [0.25, 0.3) is 0 Å². The first-order chi connectivity index (χ1) is 5.25. The standard InChI is InChI=1S/C7H9BN2S/c1-10-3-2-5-6(4-10)11-7(8)9-5/h2-4H2,1H3. The van der Waals surface area contributed by atoms with Crippen molar-refractivity contribution < 1.29 is 0 Å². The molecule has 56 valence electrons. The molecular weight excluding hydrogens is 155 g/mol. The minimum absolute atomic E-state index is 0.713. The summed E-state index contributed by atoms with van der Waals surface area (Å²) in [7, 11) is 7.72. The van der Waals surface area contributed by atoms with Gasteiger partial charge in [-0.25, -0.2) is 0 Å². The normalized spacial score (nSPS) is 18.3. The number of hydrogen-bond donors (Lipinski definition) is 0. The molecule has 0 aromatic carbocycles. The summed E-state index contributed by atoms with van der Waals surface area (Å²) >= 11 is 1.62. The van der Waals surface area contributed by atoms with Gasteiger partial charge in [-0.2, -0.15) is 0 Å². The molecule has 2 heterocycles. The van der Waals surface area contributed by atoms with E-state index in [1.165, 1.54) is 10.6 Å². The van der Waals surface area contributed by atoms with E-state index < -0.39 is 0 Å². The predicted octanol–water partition coefficient (Wildman–Crippen LogP) is -0.0752. The molecule has 2 rings (SSSR count). The lowest BCUT2D eigenvalue weighted by Crippen LogP contribution is -2.25. The fourth-order valence-corrected chi connectivity index (χ4v) is 2.30. The Hall–Kier alpha value is -0.345. The lowest BCUT2D eigenvalue weighted by atomic mass is 10.1. The Morgan fingerprint density at radius 2 is 2.45 bits per heavy atom. The second kappa shape index (κ2) is 2.61. The Kier molecular flexibility index (Phi) is 1.73. The Morgan fingerprint density at radius 3 is 3.27 bits per heavy atom. The van der Waals surface area contributed by atoms with Crippen molar-refractivity contribution in [1.29, 1.82) is 0 Å². The Labute approximate surface area is 71.7 Å². The van der Waals surface area contributed by atoms with Crippen LogP contribution in [0.1, 0.15) is 10.6 Å². The first-order valence-electron chi connectivity index (χ1n) is 3.68. The van der Waals surface area contributed by atoms with Crippen LogP contribution in [0.3, 0.4) is 0 Å². The molecule has 11 heavy (non-hydrogen) atoms. The van der Waals surface area contributed by atoms with Gasteiger partial charge in [-0.3, -0.25) is 4.98 Å². The third-order valence-corrected chi connectivity index (χ3v) is 2.85. The SMILES string of the molecule is [B]c1nc2c(s1)CN(C)CC2. The molecule has 1 aliphatic heterocycles. The molecule has 0 saturated heterocycles. The van der Waals surface area contributed by atoms with Gasteiger partial charge < -0.3 is 4.90 Å². The van der Waals surface area contributed by atoms with Gasteiger partial charge in [-0.1, -0.05) is 0 Å². The minimum Gasteiger partial charge on any atom is -0.301 e. The average Bonchev–Trinajstić information content (AvgIpc) is 2.27. The molecule has 0 fully saturated rings. The van der Waals surface area contributed by atoms with Crippen molar-refractivity contribution in [2.45, 2.75) is 13.0 Å². The molecule has 0 bridgehead atoms. The first-order valence-corrected chi connectivity index (χ1v) is 4.50. The van der Waals surface area contributed by atoms with Crippen molar-refractivity contribution in [2.75, 3.05) is 13.6 Å². The number of fused-ring (bicyclic) bond motifs is 1. The number of aromatic nitrogens is 1. The number of likely N-dealkylation sites (N-methyl/N-ethyl adjacent to an activating group) is 1. The zero-order valence-corrected chi connectivity index (χ0v) is 7.32. The molecule has 2 nitrogen and oxygen atoms in total. The second-order valence-corrected chi connectivity index (χ2v) is 4.02. The van der Waals surface area contributed by atoms with Crippen LogP contribution < -0.4 is 4.91 Å². The maximum atomic E-state index is 5.59. The van der Waals surface area contributed by atoms with Gasteiger partial charge in [0.1, 0.15) is 0 Å². The van der Waals surface area contributed by atoms with E-state index in [0.717, 1.165) is 19.5 Å². The lowest BCUT2D eigenvalue weighted by molar-refractivity contribution is 0.315. The van der Waals surface area contributed by atoms with Gasteiger partial charge in [0.15, 0.2) is 7.85 Å². The van der Waals surface area contributed by atoms with E-state index >= 15 is 0 Å². The number of hydrogen-bond acceptors (Lipinski definition) is 3. The number of thiazole rings is 1. The Balaban J connectivity index is 2.34. The average molecular weight is 164 g/mol. The van der Waals surface area contributed by atoms with Gasteiger partial charge in [-0.15, -0.1) is 11.3 Å². The van der Waals surface area contributed by atoms with Gasteiger partial charge in [-0.05, 0) is 7.05 Å². The predicted molar refractivity (Wildman–Crippen MR) is 47.5 cm³/mol.